The SMILES string of the molecule is CCCCCCCCCCCCCCCCOC(=O)NC(CO)C(=O)O. The van der Waals surface area contributed by atoms with Gasteiger partial charge in [-0.15, -0.1) is 0 Å². The molecule has 0 spiro atoms. The molecule has 1 unspecified atom stereocenters. The topological polar surface area (TPSA) is 95.9 Å². The summed E-state index contributed by atoms with van der Waals surface area (Å²) in [5.41, 5.74) is 0. The maximum Gasteiger partial charge on any atom is 0.407 e. The summed E-state index contributed by atoms with van der Waals surface area (Å²) in [7, 11) is 0. The average Bonchev–Trinajstić information content (AvgIpc) is 2.62. The van der Waals surface area contributed by atoms with Crippen molar-refractivity contribution in [3.05, 3.63) is 0 Å². The third-order valence-corrected chi connectivity index (χ3v) is 4.50. The van der Waals surface area contributed by atoms with Gasteiger partial charge < -0.3 is 20.3 Å². The number of hydrogen-bond acceptors (Lipinski definition) is 4. The lowest BCUT2D eigenvalue weighted by Crippen LogP contribution is -2.43. The van der Waals surface area contributed by atoms with Crippen molar-refractivity contribution < 1.29 is 24.5 Å². The molecule has 0 aromatic heterocycles. The number of unbranched alkanes of at least 4 members (excludes halogenated alkanes) is 13. The predicted octanol–water partition coefficient (Wildman–Crippen LogP) is 4.64. The molecule has 0 saturated heterocycles. The van der Waals surface area contributed by atoms with Crippen molar-refractivity contribution >= 4 is 12.1 Å². The molecule has 154 valence electrons. The minimum absolute atomic E-state index is 0.279. The highest BCUT2D eigenvalue weighted by atomic mass is 16.5. The van der Waals surface area contributed by atoms with Gasteiger partial charge in [0.15, 0.2) is 6.04 Å². The van der Waals surface area contributed by atoms with E-state index in [-0.39, 0.29) is 6.61 Å². The summed E-state index contributed by atoms with van der Waals surface area (Å²) in [4.78, 5) is 22.0. The van der Waals surface area contributed by atoms with Gasteiger partial charge in [-0.1, -0.05) is 90.4 Å². The third kappa shape index (κ3) is 16.2. The van der Waals surface area contributed by atoms with Gasteiger partial charge in [-0.05, 0) is 6.42 Å². The number of aliphatic carboxylic acids is 1. The van der Waals surface area contributed by atoms with Crippen LogP contribution >= 0.6 is 0 Å². The van der Waals surface area contributed by atoms with Gasteiger partial charge in [0.1, 0.15) is 0 Å². The zero-order chi connectivity index (χ0) is 19.5. The number of aliphatic hydroxyl groups excluding tert-OH is 1. The highest BCUT2D eigenvalue weighted by Gasteiger charge is 2.19. The molecule has 0 radical (unpaired) electrons. The maximum atomic E-state index is 11.3. The van der Waals surface area contributed by atoms with Crippen LogP contribution < -0.4 is 5.32 Å². The number of carboxylic acid groups (broad SMARTS) is 1. The number of aliphatic hydroxyl groups is 1. The number of rotatable bonds is 18. The van der Waals surface area contributed by atoms with Crippen molar-refractivity contribution in [3.8, 4) is 0 Å². The molecule has 6 nitrogen and oxygen atoms in total. The zero-order valence-electron chi connectivity index (χ0n) is 16.5. The van der Waals surface area contributed by atoms with Gasteiger partial charge in [-0.3, -0.25) is 0 Å². The Balaban J connectivity index is 3.26. The molecule has 1 amide bonds. The fourth-order valence-corrected chi connectivity index (χ4v) is 2.83. The molecule has 0 aliphatic heterocycles. The van der Waals surface area contributed by atoms with Gasteiger partial charge in [0.05, 0.1) is 13.2 Å². The molecule has 3 N–H and O–H groups in total. The quantitative estimate of drug-likeness (QED) is 0.304. The van der Waals surface area contributed by atoms with E-state index in [1.54, 1.807) is 0 Å². The Morgan fingerprint density at radius 2 is 1.23 bits per heavy atom. The molecule has 0 heterocycles. The zero-order valence-corrected chi connectivity index (χ0v) is 16.5. The van der Waals surface area contributed by atoms with Crippen LogP contribution in [0.4, 0.5) is 4.79 Å². The van der Waals surface area contributed by atoms with Crippen molar-refractivity contribution in [2.24, 2.45) is 0 Å². The number of carbonyl (C=O) groups excluding carboxylic acids is 1. The maximum absolute atomic E-state index is 11.3. The van der Waals surface area contributed by atoms with Crippen LogP contribution in [0.2, 0.25) is 0 Å². The summed E-state index contributed by atoms with van der Waals surface area (Å²) in [5.74, 6) is -1.28. The van der Waals surface area contributed by atoms with E-state index in [1.807, 2.05) is 0 Å². The van der Waals surface area contributed by atoms with Crippen LogP contribution in [0.15, 0.2) is 0 Å². The minimum Gasteiger partial charge on any atom is -0.480 e. The van der Waals surface area contributed by atoms with Crippen molar-refractivity contribution in [1.82, 2.24) is 5.32 Å². The lowest BCUT2D eigenvalue weighted by atomic mass is 10.0. The number of ether oxygens (including phenoxy) is 1. The summed E-state index contributed by atoms with van der Waals surface area (Å²) in [6.07, 6.45) is 16.9. The van der Waals surface area contributed by atoms with Crippen molar-refractivity contribution in [3.63, 3.8) is 0 Å². The summed E-state index contributed by atoms with van der Waals surface area (Å²) >= 11 is 0. The standard InChI is InChI=1S/C20H39NO5/c1-2-3-4-5-6-7-8-9-10-11-12-13-14-15-16-26-20(25)21-18(17-22)19(23)24/h18,22H,2-17H2,1H3,(H,21,25)(H,23,24). The number of alkyl carbamates (subject to hydrolysis) is 1. The molecule has 0 aliphatic rings. The van der Waals surface area contributed by atoms with Crippen LogP contribution in [0.5, 0.6) is 0 Å². The van der Waals surface area contributed by atoms with Crippen LogP contribution in [0, 0.1) is 0 Å². The summed E-state index contributed by atoms with van der Waals surface area (Å²) in [5, 5.41) is 19.6. The van der Waals surface area contributed by atoms with Crippen molar-refractivity contribution in [2.45, 2.75) is 103 Å². The molecule has 0 fully saturated rings. The van der Waals surface area contributed by atoms with E-state index >= 15 is 0 Å². The van der Waals surface area contributed by atoms with Gasteiger partial charge in [-0.2, -0.15) is 0 Å². The lowest BCUT2D eigenvalue weighted by molar-refractivity contribution is -0.140. The minimum atomic E-state index is -1.31. The molecule has 0 bridgehead atoms. The van der Waals surface area contributed by atoms with Crippen LogP contribution in [0.1, 0.15) is 96.8 Å². The first kappa shape index (κ1) is 24.7. The monoisotopic (exact) mass is 373 g/mol. The van der Waals surface area contributed by atoms with E-state index in [1.165, 1.54) is 70.6 Å². The van der Waals surface area contributed by atoms with Crippen LogP contribution in [0.3, 0.4) is 0 Å². The number of nitrogens with one attached hydrogen (secondary N) is 1. The van der Waals surface area contributed by atoms with Crippen molar-refractivity contribution in [2.75, 3.05) is 13.2 Å². The Hall–Kier alpha value is -1.30. The van der Waals surface area contributed by atoms with Crippen LogP contribution in [-0.4, -0.2) is 41.5 Å². The molecule has 0 saturated carbocycles. The summed E-state index contributed by atoms with van der Waals surface area (Å²) in [6.45, 7) is 1.88. The normalized spacial score (nSPS) is 11.9. The molecule has 0 aliphatic carbocycles. The van der Waals surface area contributed by atoms with Crippen molar-refractivity contribution in [1.29, 1.82) is 0 Å². The van der Waals surface area contributed by atoms with Crippen LogP contribution in [-0.2, 0) is 9.53 Å². The smallest absolute Gasteiger partial charge is 0.407 e. The molecule has 0 rings (SSSR count). The number of carbonyl (C=O) groups is 2. The molecule has 6 heteroatoms. The van der Waals surface area contributed by atoms with E-state index < -0.39 is 24.7 Å². The largest absolute Gasteiger partial charge is 0.480 e. The van der Waals surface area contributed by atoms with E-state index in [0.29, 0.717) is 0 Å². The first-order chi connectivity index (χ1) is 12.6. The second kappa shape index (κ2) is 18.5. The fourth-order valence-electron chi connectivity index (χ4n) is 2.83. The average molecular weight is 374 g/mol. The van der Waals surface area contributed by atoms with E-state index in [2.05, 4.69) is 12.2 Å². The second-order valence-corrected chi connectivity index (χ2v) is 6.95. The number of hydrogen-bond donors (Lipinski definition) is 3. The van der Waals surface area contributed by atoms with E-state index in [4.69, 9.17) is 14.9 Å². The van der Waals surface area contributed by atoms with Gasteiger partial charge in [0.2, 0.25) is 0 Å². The predicted molar refractivity (Wildman–Crippen MR) is 103 cm³/mol. The Morgan fingerprint density at radius 3 is 1.62 bits per heavy atom. The van der Waals surface area contributed by atoms with Gasteiger partial charge >= 0.3 is 12.1 Å². The first-order valence-electron chi connectivity index (χ1n) is 10.4. The molecule has 1 atom stereocenters. The number of amides is 1. The fraction of sp³-hybridized carbons (Fsp3) is 0.900. The van der Waals surface area contributed by atoms with Crippen LogP contribution in [0.25, 0.3) is 0 Å². The summed E-state index contributed by atoms with van der Waals surface area (Å²) < 4.78 is 4.91. The highest BCUT2D eigenvalue weighted by Crippen LogP contribution is 2.12. The molecule has 26 heavy (non-hydrogen) atoms. The van der Waals surface area contributed by atoms with Gasteiger partial charge in [-0.25, -0.2) is 9.59 Å². The molecular weight excluding hydrogens is 334 g/mol. The number of carboxylic acids is 1. The van der Waals surface area contributed by atoms with Gasteiger partial charge in [0.25, 0.3) is 0 Å². The second-order valence-electron chi connectivity index (χ2n) is 6.95. The Labute approximate surface area is 158 Å². The highest BCUT2D eigenvalue weighted by molar-refractivity contribution is 5.79. The van der Waals surface area contributed by atoms with E-state index in [9.17, 15) is 9.59 Å². The summed E-state index contributed by atoms with van der Waals surface area (Å²) in [6, 6.07) is -1.31. The molecule has 0 aromatic rings. The molecule has 0 aromatic carbocycles. The first-order valence-corrected chi connectivity index (χ1v) is 10.4. The molecular formula is C20H39NO5. The van der Waals surface area contributed by atoms with Gasteiger partial charge in [0, 0.05) is 0 Å². The Kier molecular flexibility index (Phi) is 17.6. The van der Waals surface area contributed by atoms with E-state index in [0.717, 1.165) is 19.3 Å². The Morgan fingerprint density at radius 1 is 0.808 bits per heavy atom. The third-order valence-electron chi connectivity index (χ3n) is 4.50. The lowest BCUT2D eigenvalue weighted by Gasteiger charge is -2.11. The Bertz CT molecular complexity index is 349.